The highest BCUT2D eigenvalue weighted by molar-refractivity contribution is 6.34. The van der Waals surface area contributed by atoms with Gasteiger partial charge in [0.1, 0.15) is 5.69 Å². The lowest BCUT2D eigenvalue weighted by molar-refractivity contribution is -0.134. The first-order valence-electron chi connectivity index (χ1n) is 8.54. The van der Waals surface area contributed by atoms with E-state index in [1.54, 1.807) is 17.1 Å². The van der Waals surface area contributed by atoms with Gasteiger partial charge in [-0.05, 0) is 24.1 Å². The first-order chi connectivity index (χ1) is 13.1. The van der Waals surface area contributed by atoms with E-state index in [1.807, 2.05) is 36.4 Å². The molecule has 0 radical (unpaired) electrons. The second-order valence-electron chi connectivity index (χ2n) is 6.33. The van der Waals surface area contributed by atoms with Crippen molar-refractivity contribution < 1.29 is 9.59 Å². The largest absolute Gasteiger partial charge is 0.296 e. The summed E-state index contributed by atoms with van der Waals surface area (Å²) < 4.78 is 1.69. The van der Waals surface area contributed by atoms with E-state index in [4.69, 9.17) is 11.6 Å². The molecule has 1 aromatic carbocycles. The van der Waals surface area contributed by atoms with Gasteiger partial charge in [-0.2, -0.15) is 0 Å². The maximum Gasteiger partial charge on any atom is 0.234 e. The molecular weight excluding hydrogens is 366 g/mol. The molecule has 1 aliphatic rings. The highest BCUT2D eigenvalue weighted by atomic mass is 35.5. The molecule has 3 heterocycles. The fourth-order valence-corrected chi connectivity index (χ4v) is 3.52. The van der Waals surface area contributed by atoms with E-state index in [-0.39, 0.29) is 11.8 Å². The number of piperidine rings is 1. The predicted molar refractivity (Wildman–Crippen MR) is 98.9 cm³/mol. The minimum atomic E-state index is -0.446. The van der Waals surface area contributed by atoms with Crippen molar-refractivity contribution in [1.29, 1.82) is 0 Å². The average Bonchev–Trinajstić information content (AvgIpc) is 3.11. The molecule has 1 unspecified atom stereocenters. The van der Waals surface area contributed by atoms with Crippen LogP contribution in [0.25, 0.3) is 11.3 Å². The third kappa shape index (κ3) is 3.59. The van der Waals surface area contributed by atoms with Crippen LogP contribution in [0.15, 0.2) is 48.8 Å². The number of aromatic nitrogens is 4. The summed E-state index contributed by atoms with van der Waals surface area (Å²) in [5, 5.41) is 11.2. The van der Waals surface area contributed by atoms with Gasteiger partial charge in [0.2, 0.25) is 11.8 Å². The molecule has 2 aromatic heterocycles. The Bertz CT molecular complexity index is 1000. The van der Waals surface area contributed by atoms with Gasteiger partial charge in [0.25, 0.3) is 0 Å². The molecule has 0 aliphatic carbocycles. The Labute approximate surface area is 160 Å². The normalized spacial score (nSPS) is 17.0. The fraction of sp³-hybridized carbons (Fsp3) is 0.211. The lowest BCUT2D eigenvalue weighted by Gasteiger charge is -2.22. The number of halogens is 1. The van der Waals surface area contributed by atoms with Gasteiger partial charge in [-0.3, -0.25) is 19.9 Å². The number of hydrogen-bond donors (Lipinski definition) is 1. The van der Waals surface area contributed by atoms with Gasteiger partial charge in [0.05, 0.1) is 29.4 Å². The van der Waals surface area contributed by atoms with Crippen LogP contribution in [-0.2, 0) is 16.1 Å². The maximum atomic E-state index is 12.2. The molecule has 4 rings (SSSR count). The molecule has 7 nitrogen and oxygen atoms in total. The van der Waals surface area contributed by atoms with Crippen molar-refractivity contribution in [3.8, 4) is 11.3 Å². The minimum absolute atomic E-state index is 0.249. The number of amides is 2. The topological polar surface area (TPSA) is 89.8 Å². The Morgan fingerprint density at radius 2 is 2.07 bits per heavy atom. The van der Waals surface area contributed by atoms with Crippen LogP contribution in [0.5, 0.6) is 0 Å². The Morgan fingerprint density at radius 3 is 2.85 bits per heavy atom. The highest BCUT2D eigenvalue weighted by Gasteiger charge is 2.30. The average molecular weight is 382 g/mol. The van der Waals surface area contributed by atoms with Gasteiger partial charge in [-0.25, -0.2) is 4.68 Å². The summed E-state index contributed by atoms with van der Waals surface area (Å²) in [7, 11) is 0. The minimum Gasteiger partial charge on any atom is -0.296 e. The van der Waals surface area contributed by atoms with Crippen molar-refractivity contribution >= 4 is 23.4 Å². The van der Waals surface area contributed by atoms with Gasteiger partial charge in [-0.1, -0.05) is 41.1 Å². The summed E-state index contributed by atoms with van der Waals surface area (Å²) in [5.74, 6) is -1.01. The van der Waals surface area contributed by atoms with Crippen molar-refractivity contribution in [2.75, 3.05) is 0 Å². The van der Waals surface area contributed by atoms with Gasteiger partial charge < -0.3 is 0 Å². The number of carbonyl (C=O) groups is 2. The number of imide groups is 1. The van der Waals surface area contributed by atoms with Gasteiger partial charge in [0, 0.05) is 18.2 Å². The van der Waals surface area contributed by atoms with Gasteiger partial charge in [0.15, 0.2) is 0 Å². The molecule has 1 atom stereocenters. The lowest BCUT2D eigenvalue weighted by Crippen LogP contribution is -2.39. The first-order valence-corrected chi connectivity index (χ1v) is 8.92. The summed E-state index contributed by atoms with van der Waals surface area (Å²) in [6.07, 6.45) is 4.27. The second-order valence-corrected chi connectivity index (χ2v) is 6.71. The molecule has 1 aliphatic heterocycles. The summed E-state index contributed by atoms with van der Waals surface area (Å²) in [5.41, 5.74) is 2.88. The quantitative estimate of drug-likeness (QED) is 0.701. The smallest absolute Gasteiger partial charge is 0.234 e. The fourth-order valence-electron chi connectivity index (χ4n) is 3.16. The van der Waals surface area contributed by atoms with Crippen LogP contribution in [-0.4, -0.2) is 31.8 Å². The lowest BCUT2D eigenvalue weighted by atomic mass is 9.89. The van der Waals surface area contributed by atoms with Crippen LogP contribution in [0.4, 0.5) is 0 Å². The van der Waals surface area contributed by atoms with E-state index in [2.05, 4.69) is 20.6 Å². The van der Waals surface area contributed by atoms with Crippen molar-refractivity contribution in [3.63, 3.8) is 0 Å². The monoisotopic (exact) mass is 381 g/mol. The molecular formula is C19H16ClN5O2. The summed E-state index contributed by atoms with van der Waals surface area (Å²) in [4.78, 5) is 27.8. The Kier molecular flexibility index (Phi) is 4.68. The second kappa shape index (κ2) is 7.28. The van der Waals surface area contributed by atoms with E-state index < -0.39 is 5.92 Å². The highest BCUT2D eigenvalue weighted by Crippen LogP contribution is 2.36. The number of pyridine rings is 1. The van der Waals surface area contributed by atoms with Crippen molar-refractivity contribution in [2.45, 2.75) is 25.3 Å². The first kappa shape index (κ1) is 17.4. The SMILES string of the molecule is O=C1CCC(c2cccc(-c3cn(Cc4ccccn4)nn3)c2Cl)C(=O)N1. The molecule has 1 N–H and O–H groups in total. The Morgan fingerprint density at radius 1 is 1.19 bits per heavy atom. The Balaban J connectivity index is 1.62. The number of rotatable bonds is 4. The third-order valence-corrected chi connectivity index (χ3v) is 4.93. The number of benzene rings is 1. The molecule has 136 valence electrons. The van der Waals surface area contributed by atoms with Gasteiger partial charge in [-0.15, -0.1) is 5.10 Å². The molecule has 1 saturated heterocycles. The van der Waals surface area contributed by atoms with Crippen LogP contribution in [0, 0.1) is 0 Å². The molecule has 1 fully saturated rings. The Hall–Kier alpha value is -3.06. The van der Waals surface area contributed by atoms with Crippen LogP contribution in [0.1, 0.15) is 30.0 Å². The molecule has 0 saturated carbocycles. The summed E-state index contributed by atoms with van der Waals surface area (Å²) >= 11 is 6.59. The number of carbonyl (C=O) groups excluding carboxylic acids is 2. The zero-order chi connectivity index (χ0) is 18.8. The summed E-state index contributed by atoms with van der Waals surface area (Å²) in [6, 6.07) is 11.2. The molecule has 2 amide bonds. The van der Waals surface area contributed by atoms with E-state index in [9.17, 15) is 9.59 Å². The van der Waals surface area contributed by atoms with Gasteiger partial charge >= 0.3 is 0 Å². The summed E-state index contributed by atoms with van der Waals surface area (Å²) in [6.45, 7) is 0.498. The number of hydrogen-bond acceptors (Lipinski definition) is 5. The van der Waals surface area contributed by atoms with Crippen molar-refractivity contribution in [1.82, 2.24) is 25.3 Å². The van der Waals surface area contributed by atoms with E-state index >= 15 is 0 Å². The van der Waals surface area contributed by atoms with Crippen molar-refractivity contribution in [2.24, 2.45) is 0 Å². The van der Waals surface area contributed by atoms with Crippen LogP contribution in [0.3, 0.4) is 0 Å². The van der Waals surface area contributed by atoms with Crippen LogP contribution >= 0.6 is 11.6 Å². The van der Waals surface area contributed by atoms with Crippen LogP contribution < -0.4 is 5.32 Å². The molecule has 8 heteroatoms. The molecule has 0 spiro atoms. The van der Waals surface area contributed by atoms with Crippen LogP contribution in [0.2, 0.25) is 5.02 Å². The standard InChI is InChI=1S/C19H16ClN5O2/c20-18-13(14-7-8-17(26)22-19(14)27)5-3-6-15(18)16-11-25(24-23-16)10-12-4-1-2-9-21-12/h1-6,9,11,14H,7-8,10H2,(H,22,26,27). The van der Waals surface area contributed by atoms with E-state index in [0.717, 1.165) is 5.69 Å². The number of nitrogens with one attached hydrogen (secondary N) is 1. The molecule has 3 aromatic rings. The zero-order valence-electron chi connectivity index (χ0n) is 14.3. The molecule has 0 bridgehead atoms. The third-order valence-electron chi connectivity index (χ3n) is 4.51. The zero-order valence-corrected chi connectivity index (χ0v) is 15.1. The number of nitrogens with zero attached hydrogens (tertiary/aromatic N) is 4. The van der Waals surface area contributed by atoms with E-state index in [0.29, 0.717) is 41.2 Å². The molecule has 27 heavy (non-hydrogen) atoms. The predicted octanol–water partition coefficient (Wildman–Crippen LogP) is 2.56. The van der Waals surface area contributed by atoms with E-state index in [1.165, 1.54) is 0 Å². The van der Waals surface area contributed by atoms with Crippen molar-refractivity contribution in [3.05, 3.63) is 65.1 Å². The maximum absolute atomic E-state index is 12.2.